The summed E-state index contributed by atoms with van der Waals surface area (Å²) in [7, 11) is 0. The highest BCUT2D eigenvalue weighted by atomic mass is 32.1. The van der Waals surface area contributed by atoms with Gasteiger partial charge in [0, 0.05) is 31.3 Å². The van der Waals surface area contributed by atoms with Crippen LogP contribution in [-0.2, 0) is 56.1 Å². The number of ketones is 2. The number of nitrogens with one attached hydrogen (secondary N) is 6. The molecule has 0 spiro atoms. The van der Waals surface area contributed by atoms with Gasteiger partial charge in [0.15, 0.2) is 11.6 Å². The van der Waals surface area contributed by atoms with E-state index in [-0.39, 0.29) is 112 Å². The van der Waals surface area contributed by atoms with Gasteiger partial charge in [0.1, 0.15) is 12.1 Å². The number of carbonyl (C=O) groups is 11. The molecule has 1 rings (SSSR count). The molecule has 6 amide bonds. The minimum Gasteiger partial charge on any atom is -0.481 e. The fourth-order valence-electron chi connectivity index (χ4n) is 6.11. The number of carboxylic acid groups (broad SMARTS) is 5. The molecule has 0 aromatic heterocycles. The highest BCUT2D eigenvalue weighted by molar-refractivity contribution is 7.60. The van der Waals surface area contributed by atoms with E-state index in [2.05, 4.69) is 26.6 Å². The van der Waals surface area contributed by atoms with E-state index in [4.69, 9.17) is 10.8 Å². The second kappa shape index (κ2) is 37.9. The maximum Gasteiger partial charge on any atom is 0.326 e. The lowest BCUT2D eigenvalue weighted by Gasteiger charge is -2.27. The van der Waals surface area contributed by atoms with E-state index in [9.17, 15) is 73.2 Å². The molecule has 0 bridgehead atoms. The Morgan fingerprint density at radius 2 is 1.06 bits per heavy atom. The van der Waals surface area contributed by atoms with Crippen LogP contribution in [0.15, 0.2) is 24.3 Å². The van der Waals surface area contributed by atoms with Crippen molar-refractivity contribution in [3.05, 3.63) is 35.4 Å². The number of unbranched alkanes of at least 4 members (excludes halogenated alkanes) is 2. The van der Waals surface area contributed by atoms with Crippen LogP contribution in [0.2, 0.25) is 0 Å². The van der Waals surface area contributed by atoms with Crippen molar-refractivity contribution >= 4 is 133 Å². The molecule has 23 nitrogen and oxygen atoms in total. The molecule has 0 heterocycles. The van der Waals surface area contributed by atoms with E-state index in [0.717, 1.165) is 0 Å². The molecule has 5 atom stereocenters. The highest BCUT2D eigenvalue weighted by Gasteiger charge is 2.35. The summed E-state index contributed by atoms with van der Waals surface area (Å²) >= 11 is 0. The Labute approximate surface area is 435 Å². The average molecular weight is 1080 g/mol. The third-order valence-electron chi connectivity index (χ3n) is 9.56. The van der Waals surface area contributed by atoms with Crippen molar-refractivity contribution in [2.45, 2.75) is 129 Å². The quantitative estimate of drug-likeness (QED) is 0.0463. The molecule has 1 aromatic carbocycles. The zero-order valence-corrected chi connectivity index (χ0v) is 43.6. The van der Waals surface area contributed by atoms with E-state index in [0.29, 0.717) is 36.9 Å². The first-order valence-corrected chi connectivity index (χ1v) is 20.6. The van der Waals surface area contributed by atoms with E-state index in [1.54, 1.807) is 45.0 Å². The Balaban J connectivity index is -0.00000273. The standard InChI is InChI=1S/C41H61N7O16.5H2S/c1-41(2,3)35(57)26(8-4-6-16-42)46-36(58)25(20-33(53)54)19-30(49)29(21-34(55)56)45-31(50)18-23-10-12-24(13-11-23)22-44-39(63)43-17-7-5-9-27(37(59)60)47-40(64)48-28(38(61)62)14-15-32(51)52;;;;;/h10-13,25-29H,4-9,14-22,42H2,1-3H3,(H,45,50)(H,46,58)(H,51,52)(H,53,54)(H,55,56)(H,59,60)(H,61,62)(H2,43,44,63)(H2,47,48,64);5*1H2/t25-,26-,27-,28-,29-;;;;;/m0...../s1. The van der Waals surface area contributed by atoms with Crippen LogP contribution in [0.3, 0.4) is 0 Å². The van der Waals surface area contributed by atoms with E-state index in [1.807, 2.05) is 5.32 Å². The molecular formula is C41H71N7O16S5. The smallest absolute Gasteiger partial charge is 0.326 e. The van der Waals surface area contributed by atoms with Crippen molar-refractivity contribution in [2.24, 2.45) is 17.1 Å². The topological polar surface area (TPSA) is 387 Å². The fourth-order valence-corrected chi connectivity index (χ4v) is 6.11. The molecule has 0 radical (unpaired) electrons. The number of hydrogen-bond donors (Lipinski definition) is 12. The third-order valence-corrected chi connectivity index (χ3v) is 9.56. The van der Waals surface area contributed by atoms with Crippen molar-refractivity contribution in [1.82, 2.24) is 31.9 Å². The molecule has 1 aromatic rings. The molecule has 396 valence electrons. The van der Waals surface area contributed by atoms with Gasteiger partial charge in [-0.15, -0.1) is 0 Å². The SMILES string of the molecule is CC(C)(C)C(=O)[C@H](CCCCN)NC(=O)[C@H](CC(=O)O)CC(=O)[C@H](CC(=O)O)NC(=O)Cc1ccc(CNC(=O)NCCCC[C@H](NC(=O)N[C@@H](CCC(=O)O)C(=O)O)C(=O)O)cc1.S.S.S.S.S. The number of carbonyl (C=O) groups excluding carboxylic acids is 6. The first-order valence-electron chi connectivity index (χ1n) is 20.6. The molecule has 28 heteroatoms. The van der Waals surface area contributed by atoms with Crippen molar-refractivity contribution < 1.29 is 78.3 Å². The summed E-state index contributed by atoms with van der Waals surface area (Å²) in [6, 6.07) is -0.864. The second-order valence-corrected chi connectivity index (χ2v) is 16.1. The third kappa shape index (κ3) is 31.8. The Hall–Kier alpha value is -4.90. The monoisotopic (exact) mass is 1080 g/mol. The van der Waals surface area contributed by atoms with E-state index in [1.165, 1.54) is 0 Å². The predicted molar refractivity (Wildman–Crippen MR) is 276 cm³/mol. The zero-order valence-electron chi connectivity index (χ0n) is 38.6. The Morgan fingerprint density at radius 1 is 0.551 bits per heavy atom. The lowest BCUT2D eigenvalue weighted by atomic mass is 9.84. The number of carboxylic acids is 5. The number of amides is 6. The molecule has 0 aliphatic rings. The maximum absolute atomic E-state index is 13.4. The first kappa shape index (κ1) is 73.1. The molecule has 69 heavy (non-hydrogen) atoms. The van der Waals surface area contributed by atoms with Crippen LogP contribution in [0, 0.1) is 11.3 Å². The van der Waals surface area contributed by atoms with Crippen LogP contribution in [-0.4, -0.2) is 128 Å². The van der Waals surface area contributed by atoms with Crippen LogP contribution in [0.4, 0.5) is 9.59 Å². The molecule has 0 fully saturated rings. The van der Waals surface area contributed by atoms with Gasteiger partial charge in [-0.3, -0.25) is 33.6 Å². The zero-order chi connectivity index (χ0) is 48.6. The Kier molecular flexibility index (Phi) is 40.2. The summed E-state index contributed by atoms with van der Waals surface area (Å²) in [6.07, 6.45) is -1.86. The predicted octanol–water partition coefficient (Wildman–Crippen LogP) is 1.07. The maximum atomic E-state index is 13.4. The number of nitrogens with two attached hydrogens (primary N) is 1. The molecule has 0 saturated heterocycles. The summed E-state index contributed by atoms with van der Waals surface area (Å²) < 4.78 is 0. The number of Topliss-reactive ketones (excluding diaryl/α,β-unsaturated/α-hetero) is 2. The molecule has 0 aliphatic heterocycles. The van der Waals surface area contributed by atoms with E-state index < -0.39 is 127 Å². The lowest BCUT2D eigenvalue weighted by Crippen LogP contribution is -2.51. The van der Waals surface area contributed by atoms with Gasteiger partial charge < -0.3 is 63.2 Å². The minimum atomic E-state index is -1.61. The van der Waals surface area contributed by atoms with Crippen LogP contribution in [0.25, 0.3) is 0 Å². The average Bonchev–Trinajstić information content (AvgIpc) is 3.19. The van der Waals surface area contributed by atoms with Gasteiger partial charge in [0.2, 0.25) is 11.8 Å². The van der Waals surface area contributed by atoms with Gasteiger partial charge >= 0.3 is 41.9 Å². The van der Waals surface area contributed by atoms with Gasteiger partial charge in [-0.2, -0.15) is 67.5 Å². The van der Waals surface area contributed by atoms with Crippen molar-refractivity contribution in [3.63, 3.8) is 0 Å². The fraction of sp³-hybridized carbons (Fsp3) is 0.585. The highest BCUT2D eigenvalue weighted by Crippen LogP contribution is 2.21. The second-order valence-electron chi connectivity index (χ2n) is 16.1. The van der Waals surface area contributed by atoms with Gasteiger partial charge in [-0.1, -0.05) is 45.0 Å². The molecule has 0 aliphatic carbocycles. The molecular weight excluding hydrogens is 1010 g/mol. The Bertz CT molecular complexity index is 1840. The van der Waals surface area contributed by atoms with Crippen molar-refractivity contribution in [2.75, 3.05) is 13.1 Å². The number of hydrogen-bond acceptors (Lipinski definition) is 12. The Morgan fingerprint density at radius 3 is 1.55 bits per heavy atom. The van der Waals surface area contributed by atoms with Gasteiger partial charge in [0.25, 0.3) is 0 Å². The summed E-state index contributed by atoms with van der Waals surface area (Å²) in [5.74, 6) is -11.3. The van der Waals surface area contributed by atoms with Crippen LogP contribution < -0.4 is 37.6 Å². The van der Waals surface area contributed by atoms with Gasteiger partial charge in [-0.25, -0.2) is 19.2 Å². The van der Waals surface area contributed by atoms with Crippen LogP contribution in [0.5, 0.6) is 0 Å². The molecule has 13 N–H and O–H groups in total. The first-order chi connectivity index (χ1) is 29.9. The molecule has 0 unspecified atom stereocenters. The van der Waals surface area contributed by atoms with Crippen molar-refractivity contribution in [3.8, 4) is 0 Å². The number of aliphatic carboxylic acids is 5. The number of benzene rings is 1. The summed E-state index contributed by atoms with van der Waals surface area (Å²) in [5, 5.41) is 60.7. The lowest BCUT2D eigenvalue weighted by molar-refractivity contribution is -0.144. The molecule has 0 saturated carbocycles. The summed E-state index contributed by atoms with van der Waals surface area (Å²) in [5.41, 5.74) is 5.78. The number of rotatable bonds is 31. The number of urea groups is 2. The van der Waals surface area contributed by atoms with Crippen molar-refractivity contribution in [1.29, 1.82) is 0 Å². The van der Waals surface area contributed by atoms with Gasteiger partial charge in [-0.05, 0) is 62.6 Å². The summed E-state index contributed by atoms with van der Waals surface area (Å²) in [6.45, 7) is 5.52. The minimum absolute atomic E-state index is 0. The van der Waals surface area contributed by atoms with E-state index >= 15 is 0 Å². The normalized spacial score (nSPS) is 12.4. The largest absolute Gasteiger partial charge is 0.481 e. The summed E-state index contributed by atoms with van der Waals surface area (Å²) in [4.78, 5) is 134. The van der Waals surface area contributed by atoms with Crippen LogP contribution in [0.1, 0.15) is 103 Å². The van der Waals surface area contributed by atoms with Gasteiger partial charge in [0.05, 0.1) is 37.3 Å². The van der Waals surface area contributed by atoms with Crippen LogP contribution >= 0.6 is 67.5 Å².